The van der Waals surface area contributed by atoms with Crippen molar-refractivity contribution in [2.24, 2.45) is 0 Å². The lowest BCUT2D eigenvalue weighted by molar-refractivity contribution is -0.384. The Hall–Kier alpha value is -4.19. The maximum Gasteiger partial charge on any atom is 0.319 e. The molecule has 1 saturated heterocycles. The number of nitrogens with zero attached hydrogens (tertiary/aromatic N) is 4. The number of ether oxygens (including phenoxy) is 3. The summed E-state index contributed by atoms with van der Waals surface area (Å²) in [5, 5.41) is 17.6. The Morgan fingerprint density at radius 2 is 1.83 bits per heavy atom. The molecule has 2 aromatic carbocycles. The molecule has 2 N–H and O–H groups in total. The van der Waals surface area contributed by atoms with Crippen molar-refractivity contribution in [3.05, 3.63) is 46.8 Å². The number of nitrogens with one attached hydrogen (secondary N) is 2. The van der Waals surface area contributed by atoms with Crippen LogP contribution in [0.4, 0.5) is 16.2 Å². The number of hydrogen-bond donors (Lipinski definition) is 2. The summed E-state index contributed by atoms with van der Waals surface area (Å²) in [4.78, 5) is 34.1. The third-order valence-electron chi connectivity index (χ3n) is 5.89. The van der Waals surface area contributed by atoms with Crippen LogP contribution < -0.4 is 24.8 Å². The zero-order valence-electron chi connectivity index (χ0n) is 20.2. The highest BCUT2D eigenvalue weighted by molar-refractivity contribution is 5.92. The van der Waals surface area contributed by atoms with Gasteiger partial charge in [0.2, 0.25) is 5.88 Å². The number of hydrogen-bond acceptors (Lipinski definition) is 9. The summed E-state index contributed by atoms with van der Waals surface area (Å²) in [6.07, 6.45) is 4.89. The molecule has 4 rings (SSSR count). The molecule has 3 aromatic rings. The summed E-state index contributed by atoms with van der Waals surface area (Å²) in [7, 11) is 3.03. The third-order valence-corrected chi connectivity index (χ3v) is 5.89. The molecule has 1 aliphatic rings. The summed E-state index contributed by atoms with van der Waals surface area (Å²) < 4.78 is 16.5. The fraction of sp³-hybridized carbons (Fsp3) is 0.375. The van der Waals surface area contributed by atoms with Gasteiger partial charge in [-0.05, 0) is 44.1 Å². The van der Waals surface area contributed by atoms with E-state index in [0.29, 0.717) is 28.9 Å². The quantitative estimate of drug-likeness (QED) is 0.333. The Kier molecular flexibility index (Phi) is 7.95. The van der Waals surface area contributed by atoms with Gasteiger partial charge >= 0.3 is 6.03 Å². The van der Waals surface area contributed by atoms with Gasteiger partial charge in [0.15, 0.2) is 11.5 Å². The van der Waals surface area contributed by atoms with E-state index in [0.717, 1.165) is 19.6 Å². The van der Waals surface area contributed by atoms with Gasteiger partial charge in [-0.1, -0.05) is 6.42 Å². The third kappa shape index (κ3) is 5.89. The van der Waals surface area contributed by atoms with E-state index < -0.39 is 11.0 Å². The lowest BCUT2D eigenvalue weighted by Gasteiger charge is -2.26. The normalized spacial score (nSPS) is 13.7. The second-order valence-corrected chi connectivity index (χ2v) is 8.22. The smallest absolute Gasteiger partial charge is 0.319 e. The minimum atomic E-state index is -0.581. The molecule has 12 nitrogen and oxygen atoms in total. The van der Waals surface area contributed by atoms with Crippen LogP contribution in [-0.2, 0) is 0 Å². The summed E-state index contributed by atoms with van der Waals surface area (Å²) in [6.45, 7) is 3.25. The predicted molar refractivity (Wildman–Crippen MR) is 133 cm³/mol. The van der Waals surface area contributed by atoms with Gasteiger partial charge in [0.1, 0.15) is 17.8 Å². The van der Waals surface area contributed by atoms with Gasteiger partial charge in [-0.15, -0.1) is 0 Å². The van der Waals surface area contributed by atoms with Crippen LogP contribution in [0, 0.1) is 10.1 Å². The standard InChI is InChI=1S/C24H28N6O6/c1-34-21-13-17-19(14-22(21)35-2)26-15-27-23(17)36-16-6-7-18(20(12-16)30(32)33)28-24(31)25-8-11-29-9-4-3-5-10-29/h6-7,12-15H,3-5,8-11H2,1-2H3,(H2,25,28,31). The summed E-state index contributed by atoms with van der Waals surface area (Å²) in [6, 6.07) is 7.02. The molecular formula is C24H28N6O6. The van der Waals surface area contributed by atoms with Gasteiger partial charge in [-0.2, -0.15) is 0 Å². The van der Waals surface area contributed by atoms with Crippen LogP contribution in [0.2, 0.25) is 0 Å². The highest BCUT2D eigenvalue weighted by Crippen LogP contribution is 2.37. The van der Waals surface area contributed by atoms with Gasteiger partial charge < -0.3 is 29.7 Å². The summed E-state index contributed by atoms with van der Waals surface area (Å²) >= 11 is 0. The van der Waals surface area contributed by atoms with E-state index in [9.17, 15) is 14.9 Å². The molecule has 36 heavy (non-hydrogen) atoms. The number of amides is 2. The molecule has 190 valence electrons. The molecule has 1 aliphatic heterocycles. The van der Waals surface area contributed by atoms with E-state index in [1.165, 1.54) is 58.0 Å². The number of nitro groups is 1. The van der Waals surface area contributed by atoms with Gasteiger partial charge in [0.25, 0.3) is 5.69 Å². The van der Waals surface area contributed by atoms with Gasteiger partial charge in [0.05, 0.1) is 36.1 Å². The molecule has 0 radical (unpaired) electrons. The first-order chi connectivity index (χ1) is 17.5. The van der Waals surface area contributed by atoms with Crippen molar-refractivity contribution in [3.63, 3.8) is 0 Å². The van der Waals surface area contributed by atoms with E-state index in [1.807, 2.05) is 0 Å². The molecule has 0 bridgehead atoms. The fourth-order valence-electron chi connectivity index (χ4n) is 4.06. The molecule has 0 unspecified atom stereocenters. The van der Waals surface area contributed by atoms with Crippen molar-refractivity contribution in [1.82, 2.24) is 20.2 Å². The Morgan fingerprint density at radius 1 is 1.08 bits per heavy atom. The highest BCUT2D eigenvalue weighted by Gasteiger charge is 2.19. The topological polar surface area (TPSA) is 141 Å². The Bertz CT molecular complexity index is 1250. The number of benzene rings is 2. The molecule has 0 atom stereocenters. The molecule has 0 spiro atoms. The zero-order chi connectivity index (χ0) is 25.5. The van der Waals surface area contributed by atoms with E-state index in [1.54, 1.807) is 12.1 Å². The SMILES string of the molecule is COc1cc2ncnc(Oc3ccc(NC(=O)NCCN4CCCCC4)c([N+](=O)[O-])c3)c2cc1OC. The molecule has 2 amide bonds. The van der Waals surface area contributed by atoms with Crippen LogP contribution in [0.1, 0.15) is 19.3 Å². The molecule has 0 saturated carbocycles. The number of carbonyl (C=O) groups is 1. The van der Waals surface area contributed by atoms with Crippen LogP contribution >= 0.6 is 0 Å². The van der Waals surface area contributed by atoms with Crippen LogP contribution in [0.15, 0.2) is 36.7 Å². The number of aromatic nitrogens is 2. The van der Waals surface area contributed by atoms with Crippen molar-refractivity contribution in [2.45, 2.75) is 19.3 Å². The largest absolute Gasteiger partial charge is 0.493 e. The minimum Gasteiger partial charge on any atom is -0.493 e. The Labute approximate surface area is 207 Å². The summed E-state index contributed by atoms with van der Waals surface area (Å²) in [5.74, 6) is 1.32. The number of carbonyl (C=O) groups excluding carboxylic acids is 1. The van der Waals surface area contributed by atoms with E-state index >= 15 is 0 Å². The fourth-order valence-corrected chi connectivity index (χ4v) is 4.06. The zero-order valence-corrected chi connectivity index (χ0v) is 20.2. The number of urea groups is 1. The maximum absolute atomic E-state index is 12.3. The molecular weight excluding hydrogens is 468 g/mol. The van der Waals surface area contributed by atoms with Crippen molar-refractivity contribution in [1.29, 1.82) is 0 Å². The van der Waals surface area contributed by atoms with Crippen molar-refractivity contribution < 1.29 is 23.9 Å². The average molecular weight is 497 g/mol. The van der Waals surface area contributed by atoms with Crippen molar-refractivity contribution in [3.8, 4) is 23.1 Å². The van der Waals surface area contributed by atoms with Gasteiger partial charge in [0, 0.05) is 19.2 Å². The van der Waals surface area contributed by atoms with Crippen molar-refractivity contribution in [2.75, 3.05) is 45.7 Å². The maximum atomic E-state index is 12.3. The second-order valence-electron chi connectivity index (χ2n) is 8.22. The Morgan fingerprint density at radius 3 is 2.56 bits per heavy atom. The second kappa shape index (κ2) is 11.5. The molecule has 1 aromatic heterocycles. The number of fused-ring (bicyclic) bond motifs is 1. The lowest BCUT2D eigenvalue weighted by Crippen LogP contribution is -2.39. The monoisotopic (exact) mass is 496 g/mol. The van der Waals surface area contributed by atoms with E-state index in [4.69, 9.17) is 14.2 Å². The number of anilines is 1. The summed E-state index contributed by atoms with van der Waals surface area (Å²) in [5.41, 5.74) is 0.296. The molecule has 0 aliphatic carbocycles. The molecule has 1 fully saturated rings. The number of methoxy groups -OCH3 is 2. The van der Waals surface area contributed by atoms with Crippen LogP contribution in [0.5, 0.6) is 23.1 Å². The number of piperidine rings is 1. The van der Waals surface area contributed by atoms with Crippen LogP contribution in [0.25, 0.3) is 10.9 Å². The Balaban J connectivity index is 1.48. The van der Waals surface area contributed by atoms with Crippen LogP contribution in [0.3, 0.4) is 0 Å². The number of rotatable bonds is 9. The molecule has 2 heterocycles. The number of likely N-dealkylation sites (tertiary alicyclic amines) is 1. The van der Waals surface area contributed by atoms with Gasteiger partial charge in [-0.25, -0.2) is 14.8 Å². The first-order valence-corrected chi connectivity index (χ1v) is 11.6. The molecule has 12 heteroatoms. The van der Waals surface area contributed by atoms with E-state index in [-0.39, 0.29) is 23.0 Å². The van der Waals surface area contributed by atoms with Crippen molar-refractivity contribution >= 4 is 28.3 Å². The highest BCUT2D eigenvalue weighted by atomic mass is 16.6. The van der Waals surface area contributed by atoms with Gasteiger partial charge in [-0.3, -0.25) is 10.1 Å². The van der Waals surface area contributed by atoms with Crippen LogP contribution in [-0.4, -0.2) is 66.2 Å². The average Bonchev–Trinajstić information content (AvgIpc) is 2.89. The van der Waals surface area contributed by atoms with E-state index in [2.05, 4.69) is 25.5 Å². The predicted octanol–water partition coefficient (Wildman–Crippen LogP) is 3.95. The minimum absolute atomic E-state index is 0.0572. The first-order valence-electron chi connectivity index (χ1n) is 11.6. The lowest BCUT2D eigenvalue weighted by atomic mass is 10.1. The first kappa shape index (κ1) is 24.9. The number of nitro benzene ring substituents is 1.